The molecule has 4 heterocycles. The summed E-state index contributed by atoms with van der Waals surface area (Å²) in [6.07, 6.45) is 8.08. The van der Waals surface area contributed by atoms with Crippen molar-refractivity contribution in [1.29, 1.82) is 0 Å². The smallest absolute Gasteiger partial charge is 0.255 e. The first-order chi connectivity index (χ1) is 12.6. The van der Waals surface area contributed by atoms with E-state index in [2.05, 4.69) is 20.3 Å². The molecule has 2 aromatic heterocycles. The number of piperidine rings is 1. The van der Waals surface area contributed by atoms with Crippen LogP contribution in [0, 0.1) is 5.82 Å². The van der Waals surface area contributed by atoms with Gasteiger partial charge >= 0.3 is 0 Å². The Kier molecular flexibility index (Phi) is 4.50. The van der Waals surface area contributed by atoms with Crippen LogP contribution in [-0.4, -0.2) is 57.1 Å². The molecule has 2 saturated heterocycles. The van der Waals surface area contributed by atoms with Crippen molar-refractivity contribution in [1.82, 2.24) is 19.9 Å². The maximum atomic E-state index is 12.9. The molecular formula is C18H20FN5O2. The molecule has 0 bridgehead atoms. The lowest BCUT2D eigenvalue weighted by atomic mass is 9.88. The van der Waals surface area contributed by atoms with Crippen LogP contribution in [0.1, 0.15) is 29.6 Å². The number of rotatable bonds is 3. The first-order valence-corrected chi connectivity index (χ1v) is 8.71. The topological polar surface area (TPSA) is 80.2 Å². The van der Waals surface area contributed by atoms with Gasteiger partial charge in [-0.2, -0.15) is 0 Å². The van der Waals surface area contributed by atoms with Crippen LogP contribution in [0.4, 0.5) is 10.3 Å². The van der Waals surface area contributed by atoms with Gasteiger partial charge in [-0.3, -0.25) is 9.78 Å². The lowest BCUT2D eigenvalue weighted by Crippen LogP contribution is -2.50. The van der Waals surface area contributed by atoms with Crippen LogP contribution in [0.2, 0.25) is 0 Å². The molecule has 1 N–H and O–H groups in total. The van der Waals surface area contributed by atoms with Gasteiger partial charge in [-0.15, -0.1) is 0 Å². The molecule has 26 heavy (non-hydrogen) atoms. The summed E-state index contributed by atoms with van der Waals surface area (Å²) in [5.74, 6) is -0.0956. The summed E-state index contributed by atoms with van der Waals surface area (Å²) in [4.78, 5) is 26.4. The molecule has 2 fully saturated rings. The Labute approximate surface area is 150 Å². The standard InChI is InChI=1S/C18H20FN5O2/c19-14-9-21-17(22-10-14)23-15-7-18(26-11-15)4-2-6-24(12-18)16(25)13-3-1-5-20-8-13/h1,3,5,8-10,15H,2,4,6-7,11-12H2,(H,21,22,23)/t15-,18+/m0/s1. The molecule has 2 aromatic rings. The Hall–Kier alpha value is -2.61. The monoisotopic (exact) mass is 357 g/mol. The highest BCUT2D eigenvalue weighted by molar-refractivity contribution is 5.94. The Balaban J connectivity index is 1.41. The van der Waals surface area contributed by atoms with Gasteiger partial charge in [-0.1, -0.05) is 0 Å². The van der Waals surface area contributed by atoms with Crippen LogP contribution >= 0.6 is 0 Å². The minimum Gasteiger partial charge on any atom is -0.371 e. The van der Waals surface area contributed by atoms with Crippen molar-refractivity contribution in [2.24, 2.45) is 0 Å². The molecule has 0 aromatic carbocycles. The first-order valence-electron chi connectivity index (χ1n) is 8.71. The van der Waals surface area contributed by atoms with E-state index >= 15 is 0 Å². The number of pyridine rings is 1. The minimum atomic E-state index is -0.466. The van der Waals surface area contributed by atoms with Gasteiger partial charge < -0.3 is 15.0 Å². The number of ether oxygens (including phenoxy) is 1. The highest BCUT2D eigenvalue weighted by atomic mass is 19.1. The summed E-state index contributed by atoms with van der Waals surface area (Å²) in [7, 11) is 0. The molecule has 4 rings (SSSR count). The minimum absolute atomic E-state index is 0.0148. The van der Waals surface area contributed by atoms with E-state index in [0.29, 0.717) is 24.7 Å². The van der Waals surface area contributed by atoms with E-state index in [1.165, 1.54) is 0 Å². The zero-order chi connectivity index (χ0) is 18.0. The number of hydrogen-bond acceptors (Lipinski definition) is 6. The SMILES string of the molecule is O=C(c1cccnc1)N1CCC[C@@]2(C[C@H](Nc3ncc(F)cn3)CO2)C1. The molecule has 0 radical (unpaired) electrons. The van der Waals surface area contributed by atoms with E-state index in [1.807, 2.05) is 4.90 Å². The number of aromatic nitrogens is 3. The van der Waals surface area contributed by atoms with E-state index in [9.17, 15) is 9.18 Å². The second kappa shape index (κ2) is 6.95. The van der Waals surface area contributed by atoms with Crippen LogP contribution in [0.3, 0.4) is 0 Å². The number of amides is 1. The third-order valence-electron chi connectivity index (χ3n) is 4.90. The van der Waals surface area contributed by atoms with E-state index < -0.39 is 5.82 Å². The lowest BCUT2D eigenvalue weighted by Gasteiger charge is -2.39. The zero-order valence-corrected chi connectivity index (χ0v) is 14.3. The summed E-state index contributed by atoms with van der Waals surface area (Å²) in [5.41, 5.74) is 0.241. The fraction of sp³-hybridized carbons (Fsp3) is 0.444. The summed E-state index contributed by atoms with van der Waals surface area (Å²) in [6.45, 7) is 1.79. The largest absolute Gasteiger partial charge is 0.371 e. The molecular weight excluding hydrogens is 337 g/mol. The van der Waals surface area contributed by atoms with Gasteiger partial charge in [-0.25, -0.2) is 14.4 Å². The summed E-state index contributed by atoms with van der Waals surface area (Å²) in [5, 5.41) is 3.19. The van der Waals surface area contributed by atoms with Gasteiger partial charge in [-0.05, 0) is 25.0 Å². The van der Waals surface area contributed by atoms with Gasteiger partial charge in [0.25, 0.3) is 5.91 Å². The third-order valence-corrected chi connectivity index (χ3v) is 4.90. The van der Waals surface area contributed by atoms with E-state index in [-0.39, 0.29) is 17.6 Å². The number of carbonyl (C=O) groups is 1. The molecule has 8 heteroatoms. The van der Waals surface area contributed by atoms with Crippen molar-refractivity contribution in [3.05, 3.63) is 48.3 Å². The molecule has 136 valence electrons. The van der Waals surface area contributed by atoms with Crippen LogP contribution < -0.4 is 5.32 Å². The fourth-order valence-corrected chi connectivity index (χ4v) is 3.73. The highest BCUT2D eigenvalue weighted by Gasteiger charge is 2.44. The lowest BCUT2D eigenvalue weighted by molar-refractivity contribution is -0.0447. The number of anilines is 1. The van der Waals surface area contributed by atoms with Crippen LogP contribution in [0.5, 0.6) is 0 Å². The van der Waals surface area contributed by atoms with E-state index in [1.54, 1.807) is 24.5 Å². The Morgan fingerprint density at radius 3 is 2.96 bits per heavy atom. The maximum Gasteiger partial charge on any atom is 0.255 e. The van der Waals surface area contributed by atoms with Crippen LogP contribution in [0.15, 0.2) is 36.9 Å². The Morgan fingerprint density at radius 2 is 2.19 bits per heavy atom. The van der Waals surface area contributed by atoms with Crippen molar-refractivity contribution in [3.63, 3.8) is 0 Å². The molecule has 0 unspecified atom stereocenters. The fourth-order valence-electron chi connectivity index (χ4n) is 3.73. The molecule has 2 aliphatic rings. The molecule has 1 amide bonds. The quantitative estimate of drug-likeness (QED) is 0.904. The average molecular weight is 357 g/mol. The highest BCUT2D eigenvalue weighted by Crippen LogP contribution is 2.35. The van der Waals surface area contributed by atoms with Crippen LogP contribution in [0.25, 0.3) is 0 Å². The van der Waals surface area contributed by atoms with E-state index in [4.69, 9.17) is 4.74 Å². The number of halogens is 1. The maximum absolute atomic E-state index is 12.9. The Bertz CT molecular complexity index is 773. The molecule has 7 nitrogen and oxygen atoms in total. The number of nitrogens with one attached hydrogen (secondary N) is 1. The number of carbonyl (C=O) groups excluding carboxylic acids is 1. The van der Waals surface area contributed by atoms with Gasteiger partial charge in [0.1, 0.15) is 0 Å². The second-order valence-corrected chi connectivity index (χ2v) is 6.84. The predicted octanol–water partition coefficient (Wildman–Crippen LogP) is 1.89. The number of likely N-dealkylation sites (tertiary alicyclic amines) is 1. The predicted molar refractivity (Wildman–Crippen MR) is 92.1 cm³/mol. The normalized spacial score (nSPS) is 25.4. The molecule has 2 atom stereocenters. The molecule has 1 spiro atoms. The molecule has 2 aliphatic heterocycles. The molecule has 0 saturated carbocycles. The van der Waals surface area contributed by atoms with Gasteiger partial charge in [0, 0.05) is 25.4 Å². The summed E-state index contributed by atoms with van der Waals surface area (Å²) in [6, 6.07) is 3.58. The van der Waals surface area contributed by atoms with Crippen molar-refractivity contribution in [3.8, 4) is 0 Å². The van der Waals surface area contributed by atoms with Gasteiger partial charge in [0.2, 0.25) is 5.95 Å². The van der Waals surface area contributed by atoms with E-state index in [0.717, 1.165) is 38.2 Å². The zero-order valence-electron chi connectivity index (χ0n) is 14.3. The van der Waals surface area contributed by atoms with Gasteiger partial charge in [0.15, 0.2) is 5.82 Å². The number of nitrogens with zero attached hydrogens (tertiary/aromatic N) is 4. The average Bonchev–Trinajstić information content (AvgIpc) is 3.05. The summed E-state index contributed by atoms with van der Waals surface area (Å²) >= 11 is 0. The van der Waals surface area contributed by atoms with Crippen molar-refractivity contribution in [2.75, 3.05) is 25.0 Å². The first kappa shape index (κ1) is 16.8. The van der Waals surface area contributed by atoms with Crippen molar-refractivity contribution < 1.29 is 13.9 Å². The van der Waals surface area contributed by atoms with Crippen molar-refractivity contribution >= 4 is 11.9 Å². The number of hydrogen-bond donors (Lipinski definition) is 1. The van der Waals surface area contributed by atoms with Crippen molar-refractivity contribution in [2.45, 2.75) is 30.9 Å². The van der Waals surface area contributed by atoms with Crippen LogP contribution in [-0.2, 0) is 4.74 Å². The summed E-state index contributed by atoms with van der Waals surface area (Å²) < 4.78 is 19.0. The van der Waals surface area contributed by atoms with Gasteiger partial charge in [0.05, 0.1) is 42.8 Å². The molecule has 0 aliphatic carbocycles. The third kappa shape index (κ3) is 3.50. The Morgan fingerprint density at radius 1 is 1.35 bits per heavy atom. The second-order valence-electron chi connectivity index (χ2n) is 6.84.